The number of anilines is 1. The van der Waals surface area contributed by atoms with Crippen LogP contribution in [0.15, 0.2) is 53.6 Å². The van der Waals surface area contributed by atoms with E-state index in [2.05, 4.69) is 15.4 Å². The van der Waals surface area contributed by atoms with Gasteiger partial charge in [-0.2, -0.15) is 5.10 Å². The van der Waals surface area contributed by atoms with Gasteiger partial charge in [0.25, 0.3) is 5.91 Å². The summed E-state index contributed by atoms with van der Waals surface area (Å²) < 4.78 is 5.20. The quantitative estimate of drug-likeness (QED) is 0.460. The number of hydrogen-bond donors (Lipinski definition) is 1. The molecule has 1 aliphatic heterocycles. The standard InChI is InChI=1S/C19H20N4O4/c24-19(14-27-18-6-2-1-5-17(18)23(25)26)21-20-13-15-7-9-16(10-8-15)22-11-3-4-12-22/h1-2,5-10,13H,3-4,11-12,14H2,(H,21,24)/b20-13+. The molecule has 1 amide bonds. The van der Waals surface area contributed by atoms with Crippen molar-refractivity contribution in [2.45, 2.75) is 12.8 Å². The van der Waals surface area contributed by atoms with Gasteiger partial charge in [-0.3, -0.25) is 14.9 Å². The summed E-state index contributed by atoms with van der Waals surface area (Å²) in [5.41, 5.74) is 4.20. The Morgan fingerprint density at radius 3 is 2.59 bits per heavy atom. The highest BCUT2D eigenvalue weighted by Crippen LogP contribution is 2.25. The Kier molecular flexibility index (Phi) is 5.98. The van der Waals surface area contributed by atoms with Gasteiger partial charge in [0.1, 0.15) is 0 Å². The summed E-state index contributed by atoms with van der Waals surface area (Å²) in [6.07, 6.45) is 3.99. The number of nitro benzene ring substituents is 1. The zero-order valence-electron chi connectivity index (χ0n) is 14.7. The van der Waals surface area contributed by atoms with E-state index in [1.54, 1.807) is 6.07 Å². The maximum absolute atomic E-state index is 11.8. The SMILES string of the molecule is O=C(COc1ccccc1[N+](=O)[O-])N/N=C/c1ccc(N2CCCC2)cc1. The third-order valence-electron chi connectivity index (χ3n) is 4.19. The maximum atomic E-state index is 11.8. The van der Waals surface area contributed by atoms with Crippen molar-refractivity contribution in [3.8, 4) is 5.75 Å². The molecule has 1 fully saturated rings. The lowest BCUT2D eigenvalue weighted by Gasteiger charge is -2.17. The van der Waals surface area contributed by atoms with Gasteiger partial charge in [-0.15, -0.1) is 0 Å². The molecule has 1 N–H and O–H groups in total. The number of nitrogens with zero attached hydrogens (tertiary/aromatic N) is 3. The lowest BCUT2D eigenvalue weighted by atomic mass is 10.2. The molecule has 1 aliphatic rings. The van der Waals surface area contributed by atoms with E-state index < -0.39 is 10.8 Å². The van der Waals surface area contributed by atoms with Gasteiger partial charge in [0.05, 0.1) is 11.1 Å². The Bertz CT molecular complexity index is 830. The van der Waals surface area contributed by atoms with Crippen LogP contribution < -0.4 is 15.1 Å². The number of ether oxygens (including phenoxy) is 1. The van der Waals surface area contributed by atoms with Crippen molar-refractivity contribution in [1.29, 1.82) is 0 Å². The first-order valence-electron chi connectivity index (χ1n) is 8.66. The van der Waals surface area contributed by atoms with Crippen LogP contribution in [-0.4, -0.2) is 36.7 Å². The number of carbonyl (C=O) groups is 1. The summed E-state index contributed by atoms with van der Waals surface area (Å²) >= 11 is 0. The van der Waals surface area contributed by atoms with Gasteiger partial charge in [-0.1, -0.05) is 24.3 Å². The van der Waals surface area contributed by atoms with E-state index in [4.69, 9.17) is 4.74 Å². The molecule has 0 aromatic heterocycles. The van der Waals surface area contributed by atoms with Gasteiger partial charge in [0.2, 0.25) is 0 Å². The molecule has 0 radical (unpaired) electrons. The Hall–Kier alpha value is -3.42. The second-order valence-corrected chi connectivity index (χ2v) is 6.09. The number of amides is 1. The van der Waals surface area contributed by atoms with Crippen LogP contribution in [0, 0.1) is 10.1 Å². The number of para-hydroxylation sites is 2. The fourth-order valence-corrected chi connectivity index (χ4v) is 2.83. The first-order valence-corrected chi connectivity index (χ1v) is 8.66. The smallest absolute Gasteiger partial charge is 0.310 e. The zero-order chi connectivity index (χ0) is 19.1. The van der Waals surface area contributed by atoms with Crippen molar-refractivity contribution >= 4 is 23.5 Å². The molecule has 0 unspecified atom stereocenters. The Morgan fingerprint density at radius 2 is 1.89 bits per heavy atom. The lowest BCUT2D eigenvalue weighted by Crippen LogP contribution is -2.24. The molecule has 0 saturated carbocycles. The first-order chi connectivity index (χ1) is 13.1. The Morgan fingerprint density at radius 1 is 1.19 bits per heavy atom. The van der Waals surface area contributed by atoms with Crippen molar-refractivity contribution in [1.82, 2.24) is 5.43 Å². The number of hydrazone groups is 1. The first kappa shape index (κ1) is 18.4. The molecule has 3 rings (SSSR count). The van der Waals surface area contributed by atoms with Gasteiger partial charge in [0, 0.05) is 24.8 Å². The summed E-state index contributed by atoms with van der Waals surface area (Å²) in [6, 6.07) is 13.8. The summed E-state index contributed by atoms with van der Waals surface area (Å²) in [6.45, 7) is 1.81. The molecule has 1 saturated heterocycles. The van der Waals surface area contributed by atoms with Crippen molar-refractivity contribution in [3.63, 3.8) is 0 Å². The topological polar surface area (TPSA) is 97.1 Å². The summed E-state index contributed by atoms with van der Waals surface area (Å²) in [5.74, 6) is -0.461. The second-order valence-electron chi connectivity index (χ2n) is 6.09. The minimum atomic E-state index is -0.558. The highest BCUT2D eigenvalue weighted by molar-refractivity contribution is 5.83. The predicted molar refractivity (Wildman–Crippen MR) is 102 cm³/mol. The average Bonchev–Trinajstić information content (AvgIpc) is 3.22. The average molecular weight is 368 g/mol. The van der Waals surface area contributed by atoms with E-state index in [1.165, 1.54) is 42.9 Å². The van der Waals surface area contributed by atoms with Crippen molar-refractivity contribution < 1.29 is 14.5 Å². The summed E-state index contributed by atoms with van der Waals surface area (Å²) in [7, 11) is 0. The molecule has 2 aromatic rings. The Balaban J connectivity index is 1.48. The minimum Gasteiger partial charge on any atom is -0.477 e. The van der Waals surface area contributed by atoms with E-state index in [1.807, 2.05) is 24.3 Å². The van der Waals surface area contributed by atoms with Crippen LogP contribution in [0.2, 0.25) is 0 Å². The van der Waals surface area contributed by atoms with Crippen molar-refractivity contribution in [2.24, 2.45) is 5.10 Å². The highest BCUT2D eigenvalue weighted by Gasteiger charge is 2.14. The zero-order valence-corrected chi connectivity index (χ0v) is 14.7. The number of carbonyl (C=O) groups excluding carboxylic acids is 1. The summed E-state index contributed by atoms with van der Waals surface area (Å²) in [5, 5.41) is 14.8. The van der Waals surface area contributed by atoms with Gasteiger partial charge in [-0.25, -0.2) is 5.43 Å². The highest BCUT2D eigenvalue weighted by atomic mass is 16.6. The molecule has 8 heteroatoms. The van der Waals surface area contributed by atoms with Crippen LogP contribution in [0.25, 0.3) is 0 Å². The minimum absolute atomic E-state index is 0.0409. The van der Waals surface area contributed by atoms with Gasteiger partial charge >= 0.3 is 5.69 Å². The molecule has 8 nitrogen and oxygen atoms in total. The van der Waals surface area contributed by atoms with Gasteiger partial charge in [-0.05, 0) is 36.6 Å². The molecule has 27 heavy (non-hydrogen) atoms. The Labute approximate surface area is 156 Å². The van der Waals surface area contributed by atoms with Crippen LogP contribution in [0.4, 0.5) is 11.4 Å². The molecule has 1 heterocycles. The van der Waals surface area contributed by atoms with Crippen LogP contribution in [0.3, 0.4) is 0 Å². The third kappa shape index (κ3) is 5.04. The molecule has 0 atom stereocenters. The van der Waals surface area contributed by atoms with E-state index in [0.717, 1.165) is 18.7 Å². The number of benzene rings is 2. The fourth-order valence-electron chi connectivity index (χ4n) is 2.83. The number of nitro groups is 1. The third-order valence-corrected chi connectivity index (χ3v) is 4.19. The largest absolute Gasteiger partial charge is 0.477 e. The normalized spacial score (nSPS) is 13.7. The van der Waals surface area contributed by atoms with E-state index >= 15 is 0 Å². The van der Waals surface area contributed by atoms with Crippen LogP contribution in [-0.2, 0) is 4.79 Å². The molecule has 0 spiro atoms. The van der Waals surface area contributed by atoms with Crippen LogP contribution >= 0.6 is 0 Å². The molecule has 0 bridgehead atoms. The monoisotopic (exact) mass is 368 g/mol. The molecule has 2 aromatic carbocycles. The molecule has 0 aliphatic carbocycles. The van der Waals surface area contributed by atoms with E-state index in [-0.39, 0.29) is 18.0 Å². The van der Waals surface area contributed by atoms with Crippen LogP contribution in [0.5, 0.6) is 5.75 Å². The number of rotatable bonds is 7. The number of hydrogen-bond acceptors (Lipinski definition) is 6. The molecule has 140 valence electrons. The van der Waals surface area contributed by atoms with E-state index in [9.17, 15) is 14.9 Å². The molecular formula is C19H20N4O4. The molecular weight excluding hydrogens is 348 g/mol. The van der Waals surface area contributed by atoms with E-state index in [0.29, 0.717) is 0 Å². The van der Waals surface area contributed by atoms with Crippen molar-refractivity contribution in [3.05, 3.63) is 64.2 Å². The van der Waals surface area contributed by atoms with Gasteiger partial charge < -0.3 is 9.64 Å². The second kappa shape index (κ2) is 8.79. The van der Waals surface area contributed by atoms with Gasteiger partial charge in [0.15, 0.2) is 12.4 Å². The maximum Gasteiger partial charge on any atom is 0.310 e. The van der Waals surface area contributed by atoms with Crippen molar-refractivity contribution in [2.75, 3.05) is 24.6 Å². The fraction of sp³-hybridized carbons (Fsp3) is 0.263. The number of nitrogens with one attached hydrogen (secondary N) is 1. The van der Waals surface area contributed by atoms with Crippen LogP contribution in [0.1, 0.15) is 18.4 Å². The summed E-state index contributed by atoms with van der Waals surface area (Å²) in [4.78, 5) is 24.5. The predicted octanol–water partition coefficient (Wildman–Crippen LogP) is 2.72. The lowest BCUT2D eigenvalue weighted by molar-refractivity contribution is -0.385.